The summed E-state index contributed by atoms with van der Waals surface area (Å²) in [5, 5.41) is 13.1. The summed E-state index contributed by atoms with van der Waals surface area (Å²) in [6.45, 7) is 1.86. The lowest BCUT2D eigenvalue weighted by atomic mass is 9.99. The lowest BCUT2D eigenvalue weighted by molar-refractivity contribution is 0.0696. The van der Waals surface area contributed by atoms with Crippen LogP contribution in [0, 0.1) is 5.82 Å². The zero-order chi connectivity index (χ0) is 29.9. The topological polar surface area (TPSA) is 82.2 Å². The van der Waals surface area contributed by atoms with Gasteiger partial charge in [-0.05, 0) is 83.3 Å². The highest BCUT2D eigenvalue weighted by atomic mass is 32.2. The summed E-state index contributed by atoms with van der Waals surface area (Å²) in [7, 11) is 0. The summed E-state index contributed by atoms with van der Waals surface area (Å²) < 4.78 is 13.7. The second-order valence-electron chi connectivity index (χ2n) is 10.2. The summed E-state index contributed by atoms with van der Waals surface area (Å²) in [4.78, 5) is 30.4. The molecule has 1 heterocycles. The van der Waals surface area contributed by atoms with E-state index in [2.05, 4.69) is 46.7 Å². The zero-order valence-corrected chi connectivity index (χ0v) is 24.0. The number of fused-ring (bicyclic) bond motifs is 1. The number of H-pyrrole nitrogens is 1. The second kappa shape index (κ2) is 12.0. The highest BCUT2D eigenvalue weighted by Gasteiger charge is 2.20. The quantitative estimate of drug-likeness (QED) is 0.166. The average molecular weight is 587 g/mol. The minimum Gasteiger partial charge on any atom is -0.478 e. The number of carboxylic acids is 1. The monoisotopic (exact) mass is 586 g/mol. The smallest absolute Gasteiger partial charge is 0.335 e. The first-order valence-corrected chi connectivity index (χ1v) is 14.6. The number of carbonyl (C=O) groups is 2. The Kier molecular flexibility index (Phi) is 7.81. The molecule has 1 atom stereocenters. The molecule has 7 heteroatoms. The van der Waals surface area contributed by atoms with E-state index in [-0.39, 0.29) is 23.3 Å². The lowest BCUT2D eigenvalue weighted by Gasteiger charge is -2.16. The number of nitrogens with one attached hydrogen (secondary N) is 2. The van der Waals surface area contributed by atoms with Crippen LogP contribution in [0.15, 0.2) is 131 Å². The molecule has 1 aromatic heterocycles. The van der Waals surface area contributed by atoms with Gasteiger partial charge in [0.05, 0.1) is 17.2 Å². The molecule has 0 saturated carbocycles. The normalized spacial score (nSPS) is 11.8. The lowest BCUT2D eigenvalue weighted by Crippen LogP contribution is -2.27. The van der Waals surface area contributed by atoms with E-state index in [9.17, 15) is 19.1 Å². The van der Waals surface area contributed by atoms with Gasteiger partial charge in [-0.15, -0.1) is 0 Å². The molecule has 0 unspecified atom stereocenters. The molecule has 212 valence electrons. The Morgan fingerprint density at radius 1 is 0.791 bits per heavy atom. The van der Waals surface area contributed by atoms with E-state index >= 15 is 0 Å². The third-order valence-corrected chi connectivity index (χ3v) is 8.41. The van der Waals surface area contributed by atoms with Crippen LogP contribution in [0.25, 0.3) is 33.2 Å². The van der Waals surface area contributed by atoms with Crippen LogP contribution in [0.5, 0.6) is 0 Å². The SMILES string of the molecule is C[C@H](NC(=O)c1cc(-c2ccc(F)cc2)cc2[nH]cc(Sc3ccc(-c4ccccc4)cc3)c12)c1ccc(C(=O)O)cc1. The first-order valence-electron chi connectivity index (χ1n) is 13.7. The fraction of sp³-hybridized carbons (Fsp3) is 0.0556. The van der Waals surface area contributed by atoms with Crippen molar-refractivity contribution < 1.29 is 19.1 Å². The molecule has 0 fully saturated rings. The maximum absolute atomic E-state index is 13.9. The molecule has 0 saturated heterocycles. The number of halogens is 1. The van der Waals surface area contributed by atoms with Crippen LogP contribution >= 0.6 is 11.8 Å². The summed E-state index contributed by atoms with van der Waals surface area (Å²) in [5.41, 5.74) is 6.07. The van der Waals surface area contributed by atoms with E-state index in [1.54, 1.807) is 36.0 Å². The van der Waals surface area contributed by atoms with Crippen LogP contribution in [-0.4, -0.2) is 22.0 Å². The van der Waals surface area contributed by atoms with Crippen LogP contribution in [-0.2, 0) is 0 Å². The summed E-state index contributed by atoms with van der Waals surface area (Å²) in [6.07, 6.45) is 1.90. The Hall–Kier alpha value is -5.14. The number of carbonyl (C=O) groups excluding carboxylic acids is 1. The summed E-state index contributed by atoms with van der Waals surface area (Å²) in [5.74, 6) is -1.61. The maximum Gasteiger partial charge on any atom is 0.335 e. The van der Waals surface area contributed by atoms with Gasteiger partial charge in [0.15, 0.2) is 0 Å². The summed E-state index contributed by atoms with van der Waals surface area (Å²) >= 11 is 1.57. The number of carboxylic acid groups (broad SMARTS) is 1. The molecule has 0 aliphatic rings. The van der Waals surface area contributed by atoms with Crippen molar-refractivity contribution in [1.29, 1.82) is 0 Å². The summed E-state index contributed by atoms with van der Waals surface area (Å²) in [6, 6.07) is 34.6. The van der Waals surface area contributed by atoms with Gasteiger partial charge in [-0.2, -0.15) is 0 Å². The van der Waals surface area contributed by atoms with Crippen molar-refractivity contribution >= 4 is 34.5 Å². The van der Waals surface area contributed by atoms with Crippen LogP contribution in [0.1, 0.15) is 39.2 Å². The molecule has 6 rings (SSSR count). The van der Waals surface area contributed by atoms with E-state index < -0.39 is 5.97 Å². The van der Waals surface area contributed by atoms with Gasteiger partial charge in [-0.1, -0.05) is 78.5 Å². The van der Waals surface area contributed by atoms with Gasteiger partial charge >= 0.3 is 5.97 Å². The van der Waals surface area contributed by atoms with E-state index in [1.165, 1.54) is 24.3 Å². The molecule has 0 radical (unpaired) electrons. The molecule has 5 nitrogen and oxygen atoms in total. The van der Waals surface area contributed by atoms with Crippen molar-refractivity contribution in [1.82, 2.24) is 10.3 Å². The largest absolute Gasteiger partial charge is 0.478 e. The highest BCUT2D eigenvalue weighted by Crippen LogP contribution is 2.38. The van der Waals surface area contributed by atoms with Crippen LogP contribution in [0.4, 0.5) is 4.39 Å². The van der Waals surface area contributed by atoms with Gasteiger partial charge in [-0.3, -0.25) is 4.79 Å². The predicted molar refractivity (Wildman–Crippen MR) is 169 cm³/mol. The average Bonchev–Trinajstić information content (AvgIpc) is 3.44. The number of amides is 1. The van der Waals surface area contributed by atoms with E-state index in [4.69, 9.17) is 0 Å². The number of aromatic carboxylic acids is 1. The first-order chi connectivity index (χ1) is 20.9. The molecular formula is C36H27FN2O3S. The molecular weight excluding hydrogens is 559 g/mol. The molecule has 0 aliphatic carbocycles. The van der Waals surface area contributed by atoms with E-state index in [0.29, 0.717) is 5.56 Å². The van der Waals surface area contributed by atoms with Gasteiger partial charge in [-0.25, -0.2) is 9.18 Å². The number of hydrogen-bond acceptors (Lipinski definition) is 3. The molecule has 0 bridgehead atoms. The van der Waals surface area contributed by atoms with Gasteiger partial charge in [0.2, 0.25) is 0 Å². The van der Waals surface area contributed by atoms with Gasteiger partial charge in [0.25, 0.3) is 5.91 Å². The molecule has 0 spiro atoms. The Bertz CT molecular complexity index is 1920. The van der Waals surface area contributed by atoms with E-state index in [1.807, 2.05) is 43.5 Å². The molecule has 3 N–H and O–H groups in total. The third-order valence-electron chi connectivity index (χ3n) is 7.36. The van der Waals surface area contributed by atoms with E-state index in [0.717, 1.165) is 48.5 Å². The van der Waals surface area contributed by atoms with Crippen molar-refractivity contribution in [2.24, 2.45) is 0 Å². The minimum atomic E-state index is -1.00. The Morgan fingerprint density at radius 2 is 1.42 bits per heavy atom. The Labute approximate surface area is 252 Å². The van der Waals surface area contributed by atoms with Crippen molar-refractivity contribution in [3.8, 4) is 22.3 Å². The minimum absolute atomic E-state index is 0.182. The van der Waals surface area contributed by atoms with Crippen molar-refractivity contribution in [2.75, 3.05) is 0 Å². The Morgan fingerprint density at radius 3 is 2.09 bits per heavy atom. The molecule has 43 heavy (non-hydrogen) atoms. The zero-order valence-electron chi connectivity index (χ0n) is 23.2. The molecule has 5 aromatic carbocycles. The number of aromatic amines is 1. The van der Waals surface area contributed by atoms with Gasteiger partial charge < -0.3 is 15.4 Å². The Balaban J connectivity index is 1.35. The van der Waals surface area contributed by atoms with Crippen LogP contribution in [0.2, 0.25) is 0 Å². The molecule has 1 amide bonds. The maximum atomic E-state index is 13.9. The van der Waals surface area contributed by atoms with Crippen LogP contribution < -0.4 is 5.32 Å². The standard InChI is InChI=1S/C36H27FN2O3S/c1-22(23-7-9-27(10-8-23)36(41)42)39-35(40)31-19-28(26-11-15-29(37)16-12-26)20-32-34(31)33(21-38-32)43-30-17-13-25(14-18-30)24-5-3-2-4-6-24/h2-22,38H,1H3,(H,39,40)(H,41,42)/t22-/m0/s1. The number of rotatable bonds is 8. The van der Waals surface area contributed by atoms with Crippen molar-refractivity contribution in [3.05, 3.63) is 144 Å². The predicted octanol–water partition coefficient (Wildman–Crippen LogP) is 8.98. The van der Waals surface area contributed by atoms with Gasteiger partial charge in [0, 0.05) is 26.9 Å². The fourth-order valence-corrected chi connectivity index (χ4v) is 6.02. The third kappa shape index (κ3) is 6.08. The highest BCUT2D eigenvalue weighted by molar-refractivity contribution is 7.99. The first kappa shape index (κ1) is 28.0. The molecule has 0 aliphatic heterocycles. The van der Waals surface area contributed by atoms with Gasteiger partial charge in [0.1, 0.15) is 5.82 Å². The fourth-order valence-electron chi connectivity index (χ4n) is 5.05. The number of benzene rings is 5. The van der Waals surface area contributed by atoms with Crippen molar-refractivity contribution in [2.45, 2.75) is 22.8 Å². The molecule has 6 aromatic rings. The number of hydrogen-bond donors (Lipinski definition) is 3. The van der Waals surface area contributed by atoms with Crippen LogP contribution in [0.3, 0.4) is 0 Å². The van der Waals surface area contributed by atoms with Crippen molar-refractivity contribution in [3.63, 3.8) is 0 Å². The second-order valence-corrected chi connectivity index (χ2v) is 11.3. The number of aromatic nitrogens is 1.